The standard InChI is InChI=1S/C14H12BrCl2NO/c15-10-2-4-12(17)14(7-10)19-13-8-11(16)3-1-9(13)5-6-18/h1-4,7-8H,5-6,18H2. The molecule has 0 heterocycles. The molecule has 2 aromatic carbocycles. The molecule has 2 nitrogen and oxygen atoms in total. The van der Waals surface area contributed by atoms with Gasteiger partial charge in [0.2, 0.25) is 0 Å². The Kier molecular flexibility index (Phi) is 5.11. The second kappa shape index (κ2) is 6.62. The zero-order chi connectivity index (χ0) is 13.8. The van der Waals surface area contributed by atoms with Crippen molar-refractivity contribution in [2.75, 3.05) is 6.54 Å². The first kappa shape index (κ1) is 14.7. The van der Waals surface area contributed by atoms with E-state index in [9.17, 15) is 0 Å². The number of halogens is 3. The van der Waals surface area contributed by atoms with Crippen molar-refractivity contribution in [1.82, 2.24) is 0 Å². The van der Waals surface area contributed by atoms with Crippen LogP contribution in [0.25, 0.3) is 0 Å². The van der Waals surface area contributed by atoms with Crippen molar-refractivity contribution in [3.8, 4) is 11.5 Å². The molecule has 0 bridgehead atoms. The molecule has 0 atom stereocenters. The maximum atomic E-state index is 6.11. The van der Waals surface area contributed by atoms with Crippen LogP contribution >= 0.6 is 39.1 Å². The molecule has 5 heteroatoms. The van der Waals surface area contributed by atoms with Gasteiger partial charge in [-0.05, 0) is 48.9 Å². The van der Waals surface area contributed by atoms with Gasteiger partial charge < -0.3 is 10.5 Å². The lowest BCUT2D eigenvalue weighted by Gasteiger charge is -2.12. The highest BCUT2D eigenvalue weighted by Gasteiger charge is 2.09. The van der Waals surface area contributed by atoms with Gasteiger partial charge in [-0.15, -0.1) is 0 Å². The highest BCUT2D eigenvalue weighted by atomic mass is 79.9. The van der Waals surface area contributed by atoms with Gasteiger partial charge >= 0.3 is 0 Å². The molecule has 0 aliphatic rings. The van der Waals surface area contributed by atoms with Crippen molar-refractivity contribution in [3.05, 3.63) is 56.5 Å². The quantitative estimate of drug-likeness (QED) is 0.827. The lowest BCUT2D eigenvalue weighted by Crippen LogP contribution is -2.04. The molecular formula is C14H12BrCl2NO. The lowest BCUT2D eigenvalue weighted by atomic mass is 10.1. The van der Waals surface area contributed by atoms with Crippen molar-refractivity contribution in [1.29, 1.82) is 0 Å². The summed E-state index contributed by atoms with van der Waals surface area (Å²) < 4.78 is 6.75. The third-order valence-electron chi connectivity index (χ3n) is 2.56. The predicted octanol–water partition coefficient (Wildman–Crippen LogP) is 5.05. The van der Waals surface area contributed by atoms with Gasteiger partial charge in [-0.3, -0.25) is 0 Å². The minimum Gasteiger partial charge on any atom is -0.455 e. The summed E-state index contributed by atoms with van der Waals surface area (Å²) in [4.78, 5) is 0. The molecule has 0 aromatic heterocycles. The molecule has 0 aliphatic heterocycles. The molecule has 0 spiro atoms. The summed E-state index contributed by atoms with van der Waals surface area (Å²) in [6.45, 7) is 0.546. The predicted molar refractivity (Wildman–Crippen MR) is 83.4 cm³/mol. The van der Waals surface area contributed by atoms with E-state index >= 15 is 0 Å². The summed E-state index contributed by atoms with van der Waals surface area (Å²) in [6, 6.07) is 10.9. The maximum absolute atomic E-state index is 6.11. The van der Waals surface area contributed by atoms with Gasteiger partial charge in [0.05, 0.1) is 5.02 Å². The number of hydrogen-bond acceptors (Lipinski definition) is 2. The number of nitrogens with two attached hydrogens (primary N) is 1. The Hall–Kier alpha value is -0.740. The monoisotopic (exact) mass is 359 g/mol. The smallest absolute Gasteiger partial charge is 0.147 e. The van der Waals surface area contributed by atoms with Crippen LogP contribution in [0.3, 0.4) is 0 Å². The van der Waals surface area contributed by atoms with Crippen molar-refractivity contribution >= 4 is 39.1 Å². The van der Waals surface area contributed by atoms with Crippen molar-refractivity contribution in [3.63, 3.8) is 0 Å². The van der Waals surface area contributed by atoms with E-state index in [0.717, 1.165) is 16.5 Å². The summed E-state index contributed by atoms with van der Waals surface area (Å²) in [5.74, 6) is 1.26. The molecule has 0 saturated heterocycles. The number of ether oxygens (including phenoxy) is 1. The van der Waals surface area contributed by atoms with Crippen LogP contribution in [-0.4, -0.2) is 6.54 Å². The fraction of sp³-hybridized carbons (Fsp3) is 0.143. The first-order chi connectivity index (χ1) is 9.10. The fourth-order valence-corrected chi connectivity index (χ4v) is 2.32. The first-order valence-electron chi connectivity index (χ1n) is 5.71. The summed E-state index contributed by atoms with van der Waals surface area (Å²) in [5.41, 5.74) is 6.60. The third-order valence-corrected chi connectivity index (χ3v) is 3.60. The van der Waals surface area contributed by atoms with E-state index in [1.165, 1.54) is 0 Å². The minimum absolute atomic E-state index is 0.543. The Labute approximate surface area is 130 Å². The molecular weight excluding hydrogens is 349 g/mol. The molecule has 2 aromatic rings. The van der Waals surface area contributed by atoms with E-state index in [4.69, 9.17) is 33.7 Å². The lowest BCUT2D eigenvalue weighted by molar-refractivity contribution is 0.476. The topological polar surface area (TPSA) is 35.2 Å². The zero-order valence-electron chi connectivity index (χ0n) is 10.00. The largest absolute Gasteiger partial charge is 0.455 e. The van der Waals surface area contributed by atoms with Gasteiger partial charge in [-0.2, -0.15) is 0 Å². The molecule has 0 fully saturated rings. The second-order valence-electron chi connectivity index (χ2n) is 3.97. The van der Waals surface area contributed by atoms with Crippen molar-refractivity contribution < 1.29 is 4.74 Å². The molecule has 0 aliphatic carbocycles. The van der Waals surface area contributed by atoms with Gasteiger partial charge in [0.1, 0.15) is 11.5 Å². The van der Waals surface area contributed by atoms with E-state index < -0.39 is 0 Å². The number of hydrogen-bond donors (Lipinski definition) is 1. The SMILES string of the molecule is NCCc1ccc(Cl)cc1Oc1cc(Br)ccc1Cl. The van der Waals surface area contributed by atoms with Crippen LogP contribution in [0, 0.1) is 0 Å². The van der Waals surface area contributed by atoms with E-state index in [1.54, 1.807) is 12.1 Å². The van der Waals surface area contributed by atoms with E-state index in [2.05, 4.69) is 15.9 Å². The van der Waals surface area contributed by atoms with E-state index in [0.29, 0.717) is 28.1 Å². The highest BCUT2D eigenvalue weighted by Crippen LogP contribution is 2.34. The summed E-state index contributed by atoms with van der Waals surface area (Å²) in [7, 11) is 0. The molecule has 2 N–H and O–H groups in total. The average Bonchev–Trinajstić information content (AvgIpc) is 2.37. The Morgan fingerprint density at radius 2 is 1.84 bits per heavy atom. The average molecular weight is 361 g/mol. The van der Waals surface area contributed by atoms with Crippen LogP contribution in [-0.2, 0) is 6.42 Å². The van der Waals surface area contributed by atoms with Gasteiger partial charge in [-0.25, -0.2) is 0 Å². The van der Waals surface area contributed by atoms with Gasteiger partial charge in [-0.1, -0.05) is 45.2 Å². The van der Waals surface area contributed by atoms with Crippen LogP contribution in [0.15, 0.2) is 40.9 Å². The van der Waals surface area contributed by atoms with Gasteiger partial charge in [0, 0.05) is 9.50 Å². The van der Waals surface area contributed by atoms with Crippen molar-refractivity contribution in [2.24, 2.45) is 5.73 Å². The molecule has 19 heavy (non-hydrogen) atoms. The molecule has 100 valence electrons. The van der Waals surface area contributed by atoms with Crippen molar-refractivity contribution in [2.45, 2.75) is 6.42 Å². The molecule has 0 saturated carbocycles. The Balaban J connectivity index is 2.36. The third kappa shape index (κ3) is 3.86. The molecule has 0 unspecified atom stereocenters. The second-order valence-corrected chi connectivity index (χ2v) is 5.73. The number of benzene rings is 2. The van der Waals surface area contributed by atoms with Crippen LogP contribution in [0.2, 0.25) is 10.0 Å². The summed E-state index contributed by atoms with van der Waals surface area (Å²) in [6.07, 6.45) is 0.720. The summed E-state index contributed by atoms with van der Waals surface area (Å²) in [5, 5.41) is 1.16. The molecule has 2 rings (SSSR count). The Morgan fingerprint density at radius 1 is 1.05 bits per heavy atom. The highest BCUT2D eigenvalue weighted by molar-refractivity contribution is 9.10. The molecule has 0 amide bonds. The number of rotatable bonds is 4. The van der Waals surface area contributed by atoms with E-state index in [1.807, 2.05) is 24.3 Å². The van der Waals surface area contributed by atoms with Gasteiger partial charge in [0.25, 0.3) is 0 Å². The minimum atomic E-state index is 0.543. The summed E-state index contributed by atoms with van der Waals surface area (Å²) >= 11 is 15.5. The van der Waals surface area contributed by atoms with Crippen LogP contribution in [0.1, 0.15) is 5.56 Å². The van der Waals surface area contributed by atoms with Crippen LogP contribution in [0.4, 0.5) is 0 Å². The molecule has 0 radical (unpaired) electrons. The Morgan fingerprint density at radius 3 is 2.58 bits per heavy atom. The first-order valence-corrected chi connectivity index (χ1v) is 7.26. The van der Waals surface area contributed by atoms with Crippen LogP contribution in [0.5, 0.6) is 11.5 Å². The van der Waals surface area contributed by atoms with Crippen LogP contribution < -0.4 is 10.5 Å². The van der Waals surface area contributed by atoms with E-state index in [-0.39, 0.29) is 0 Å². The fourth-order valence-electron chi connectivity index (χ4n) is 1.66. The normalized spacial score (nSPS) is 10.5. The van der Waals surface area contributed by atoms with Gasteiger partial charge in [0.15, 0.2) is 0 Å². The maximum Gasteiger partial charge on any atom is 0.147 e. The zero-order valence-corrected chi connectivity index (χ0v) is 13.1. The Bertz CT molecular complexity index is 590.